The van der Waals surface area contributed by atoms with Crippen molar-refractivity contribution in [3.63, 3.8) is 0 Å². The molecule has 0 saturated heterocycles. The first-order valence-corrected chi connectivity index (χ1v) is 8.21. The largest absolute Gasteiger partial charge is 0.496 e. The van der Waals surface area contributed by atoms with Crippen LogP contribution in [0, 0.1) is 6.92 Å². The van der Waals surface area contributed by atoms with Gasteiger partial charge in [0.25, 0.3) is 0 Å². The van der Waals surface area contributed by atoms with Crippen LogP contribution in [0.15, 0.2) is 40.7 Å². The number of nitrogens with one attached hydrogen (secondary N) is 2. The van der Waals surface area contributed by atoms with Gasteiger partial charge in [0.15, 0.2) is 5.96 Å². The van der Waals surface area contributed by atoms with Crippen molar-refractivity contribution < 1.29 is 4.74 Å². The average molecular weight is 445 g/mol. The maximum absolute atomic E-state index is 5.28. The number of ether oxygens (including phenoxy) is 1. The second kappa shape index (κ2) is 10.5. The number of halogens is 1. The molecule has 0 atom stereocenters. The number of guanidine groups is 1. The maximum atomic E-state index is 5.28. The molecule has 0 radical (unpaired) electrons. The zero-order valence-electron chi connectivity index (χ0n) is 13.8. The van der Waals surface area contributed by atoms with Crippen LogP contribution in [0.2, 0.25) is 0 Å². The molecule has 23 heavy (non-hydrogen) atoms. The van der Waals surface area contributed by atoms with Gasteiger partial charge in [0, 0.05) is 25.0 Å². The van der Waals surface area contributed by atoms with Crippen molar-refractivity contribution in [1.82, 2.24) is 10.6 Å². The number of rotatable bonds is 6. The van der Waals surface area contributed by atoms with Gasteiger partial charge in [-0.25, -0.2) is 0 Å². The highest BCUT2D eigenvalue weighted by Gasteiger charge is 2.02. The van der Waals surface area contributed by atoms with Gasteiger partial charge in [0.1, 0.15) is 5.75 Å². The first kappa shape index (κ1) is 19.8. The van der Waals surface area contributed by atoms with Crippen LogP contribution in [0.25, 0.3) is 0 Å². The molecular formula is C17H24IN3OS. The summed E-state index contributed by atoms with van der Waals surface area (Å²) in [5.74, 6) is 1.74. The van der Waals surface area contributed by atoms with E-state index >= 15 is 0 Å². The lowest BCUT2D eigenvalue weighted by molar-refractivity contribution is 0.411. The molecule has 0 amide bonds. The molecule has 2 aromatic rings. The zero-order valence-corrected chi connectivity index (χ0v) is 16.9. The Morgan fingerprint density at radius 1 is 1.26 bits per heavy atom. The standard InChI is InChI=1S/C17H23N3OS.HI/c1-13-11-14(6-7-16(13)21-3)12-20-17(18-2)19-9-8-15-5-4-10-22-15;/h4-7,10-11H,8-9,12H2,1-3H3,(H2,18,19,20);1H. The molecule has 0 bridgehead atoms. The Morgan fingerprint density at radius 2 is 2.09 bits per heavy atom. The lowest BCUT2D eigenvalue weighted by Gasteiger charge is -2.12. The van der Waals surface area contributed by atoms with Gasteiger partial charge >= 0.3 is 0 Å². The van der Waals surface area contributed by atoms with E-state index in [2.05, 4.69) is 52.2 Å². The highest BCUT2D eigenvalue weighted by Crippen LogP contribution is 2.18. The van der Waals surface area contributed by atoms with Crippen LogP contribution in [0.1, 0.15) is 16.0 Å². The van der Waals surface area contributed by atoms with E-state index in [-0.39, 0.29) is 24.0 Å². The molecule has 2 rings (SSSR count). The van der Waals surface area contributed by atoms with Crippen molar-refractivity contribution >= 4 is 41.3 Å². The number of benzene rings is 1. The lowest BCUT2D eigenvalue weighted by Crippen LogP contribution is -2.37. The average Bonchev–Trinajstić information content (AvgIpc) is 3.04. The number of methoxy groups -OCH3 is 1. The van der Waals surface area contributed by atoms with Crippen molar-refractivity contribution in [2.45, 2.75) is 19.9 Å². The third-order valence-electron chi connectivity index (χ3n) is 3.39. The number of aliphatic imine (C=N–C) groups is 1. The van der Waals surface area contributed by atoms with Crippen molar-refractivity contribution in [2.24, 2.45) is 4.99 Å². The monoisotopic (exact) mass is 445 g/mol. The number of thiophene rings is 1. The van der Waals surface area contributed by atoms with Gasteiger partial charge in [-0.05, 0) is 42.0 Å². The van der Waals surface area contributed by atoms with Crippen LogP contribution in [-0.4, -0.2) is 26.7 Å². The summed E-state index contributed by atoms with van der Waals surface area (Å²) >= 11 is 1.79. The number of hydrogen-bond donors (Lipinski definition) is 2. The molecule has 0 saturated carbocycles. The molecule has 6 heteroatoms. The Kier molecular flexibility index (Phi) is 9.01. The quantitative estimate of drug-likeness (QED) is 0.406. The summed E-state index contributed by atoms with van der Waals surface area (Å²) in [5, 5.41) is 8.77. The molecule has 0 aliphatic carbocycles. The third kappa shape index (κ3) is 6.39. The second-order valence-electron chi connectivity index (χ2n) is 4.99. The molecular weight excluding hydrogens is 421 g/mol. The number of hydrogen-bond acceptors (Lipinski definition) is 3. The molecule has 0 fully saturated rings. The van der Waals surface area contributed by atoms with Gasteiger partial charge in [0.05, 0.1) is 7.11 Å². The molecule has 1 aromatic heterocycles. The molecule has 0 unspecified atom stereocenters. The van der Waals surface area contributed by atoms with Crippen molar-refractivity contribution in [3.8, 4) is 5.75 Å². The molecule has 0 aliphatic rings. The smallest absolute Gasteiger partial charge is 0.191 e. The molecule has 4 nitrogen and oxygen atoms in total. The second-order valence-corrected chi connectivity index (χ2v) is 6.02. The number of aryl methyl sites for hydroxylation is 1. The lowest BCUT2D eigenvalue weighted by atomic mass is 10.1. The van der Waals surface area contributed by atoms with Crippen LogP contribution < -0.4 is 15.4 Å². The van der Waals surface area contributed by atoms with E-state index in [0.717, 1.165) is 36.8 Å². The summed E-state index contributed by atoms with van der Waals surface area (Å²) in [7, 11) is 3.49. The SMILES string of the molecule is CN=C(NCCc1cccs1)NCc1ccc(OC)c(C)c1.I. The van der Waals surface area contributed by atoms with E-state index in [0.29, 0.717) is 0 Å². The molecule has 0 spiro atoms. The molecule has 2 N–H and O–H groups in total. The van der Waals surface area contributed by atoms with E-state index in [4.69, 9.17) is 4.74 Å². The molecule has 126 valence electrons. The van der Waals surface area contributed by atoms with E-state index in [1.807, 2.05) is 6.07 Å². The van der Waals surface area contributed by atoms with Gasteiger partial charge in [-0.3, -0.25) is 4.99 Å². The Bertz CT molecular complexity index is 614. The van der Waals surface area contributed by atoms with Crippen LogP contribution in [0.5, 0.6) is 5.75 Å². The van der Waals surface area contributed by atoms with E-state index in [1.165, 1.54) is 10.4 Å². The van der Waals surface area contributed by atoms with Gasteiger partial charge in [0.2, 0.25) is 0 Å². The minimum Gasteiger partial charge on any atom is -0.496 e. The minimum atomic E-state index is 0. The molecule has 1 heterocycles. The Balaban J connectivity index is 0.00000264. The van der Waals surface area contributed by atoms with Crippen molar-refractivity contribution in [3.05, 3.63) is 51.7 Å². The Labute approximate surface area is 159 Å². The van der Waals surface area contributed by atoms with Gasteiger partial charge in [-0.2, -0.15) is 0 Å². The van der Waals surface area contributed by atoms with Crippen molar-refractivity contribution in [1.29, 1.82) is 0 Å². The highest BCUT2D eigenvalue weighted by atomic mass is 127. The van der Waals surface area contributed by atoms with Crippen molar-refractivity contribution in [2.75, 3.05) is 20.7 Å². The summed E-state index contributed by atoms with van der Waals surface area (Å²) in [6, 6.07) is 10.4. The fourth-order valence-corrected chi connectivity index (χ4v) is 2.92. The summed E-state index contributed by atoms with van der Waals surface area (Å²) in [6.07, 6.45) is 1.01. The predicted octanol–water partition coefficient (Wildman–Crippen LogP) is 3.59. The first-order valence-electron chi connectivity index (χ1n) is 7.33. The van der Waals surface area contributed by atoms with Crippen LogP contribution in [0.3, 0.4) is 0 Å². The first-order chi connectivity index (χ1) is 10.7. The highest BCUT2D eigenvalue weighted by molar-refractivity contribution is 14.0. The van der Waals surface area contributed by atoms with E-state index in [1.54, 1.807) is 25.5 Å². The van der Waals surface area contributed by atoms with Gasteiger partial charge in [-0.1, -0.05) is 18.2 Å². The zero-order chi connectivity index (χ0) is 15.8. The normalized spacial score (nSPS) is 10.8. The molecule has 0 aliphatic heterocycles. The summed E-state index contributed by atoms with van der Waals surface area (Å²) in [4.78, 5) is 5.63. The van der Waals surface area contributed by atoms with Gasteiger partial charge in [-0.15, -0.1) is 35.3 Å². The van der Waals surface area contributed by atoms with E-state index < -0.39 is 0 Å². The van der Waals surface area contributed by atoms with E-state index in [9.17, 15) is 0 Å². The Hall–Kier alpha value is -1.28. The summed E-state index contributed by atoms with van der Waals surface area (Å²) in [6.45, 7) is 3.67. The fraction of sp³-hybridized carbons (Fsp3) is 0.353. The topological polar surface area (TPSA) is 45.7 Å². The van der Waals surface area contributed by atoms with Crippen LogP contribution in [-0.2, 0) is 13.0 Å². The van der Waals surface area contributed by atoms with Crippen LogP contribution >= 0.6 is 35.3 Å². The Morgan fingerprint density at radius 3 is 2.70 bits per heavy atom. The fourth-order valence-electron chi connectivity index (χ4n) is 2.22. The van der Waals surface area contributed by atoms with Gasteiger partial charge < -0.3 is 15.4 Å². The molecule has 1 aromatic carbocycles. The maximum Gasteiger partial charge on any atom is 0.191 e. The minimum absolute atomic E-state index is 0. The number of nitrogens with zero attached hydrogens (tertiary/aromatic N) is 1. The predicted molar refractivity (Wildman–Crippen MR) is 109 cm³/mol. The van der Waals surface area contributed by atoms with Crippen LogP contribution in [0.4, 0.5) is 0 Å². The summed E-state index contributed by atoms with van der Waals surface area (Å²) < 4.78 is 5.28. The summed E-state index contributed by atoms with van der Waals surface area (Å²) in [5.41, 5.74) is 2.35. The third-order valence-corrected chi connectivity index (χ3v) is 4.32.